The first-order valence-corrected chi connectivity index (χ1v) is 12.4. The molecule has 0 atom stereocenters. The molecule has 8 heteroatoms. The van der Waals surface area contributed by atoms with Crippen LogP contribution in [0.5, 0.6) is 5.75 Å². The van der Waals surface area contributed by atoms with Crippen molar-refractivity contribution in [2.45, 2.75) is 26.7 Å². The van der Waals surface area contributed by atoms with Gasteiger partial charge in [-0.2, -0.15) is 0 Å². The summed E-state index contributed by atoms with van der Waals surface area (Å²) in [5.41, 5.74) is 3.74. The molecule has 0 spiro atoms. The van der Waals surface area contributed by atoms with Crippen molar-refractivity contribution >= 4 is 11.6 Å². The number of rotatable bonds is 7. The van der Waals surface area contributed by atoms with Crippen molar-refractivity contribution in [3.05, 3.63) is 133 Å². The van der Waals surface area contributed by atoms with Gasteiger partial charge in [0.05, 0.1) is 35.0 Å². The number of H-pyrrole nitrogens is 2. The van der Waals surface area contributed by atoms with Gasteiger partial charge in [0.1, 0.15) is 5.75 Å². The predicted octanol–water partition coefficient (Wildman–Crippen LogP) is 5.49. The highest BCUT2D eigenvalue weighted by Gasteiger charge is 2.33. The minimum Gasteiger partial charge on any atom is -0.494 e. The van der Waals surface area contributed by atoms with Gasteiger partial charge >= 0.3 is 0 Å². The summed E-state index contributed by atoms with van der Waals surface area (Å²) in [5, 5.41) is 6.89. The molecule has 2 aromatic heterocycles. The number of benzene rings is 3. The lowest BCUT2D eigenvalue weighted by atomic mass is 9.84. The number of aromatic nitrogens is 4. The van der Waals surface area contributed by atoms with E-state index in [1.54, 1.807) is 18.2 Å². The van der Waals surface area contributed by atoms with Gasteiger partial charge in [0.2, 0.25) is 0 Å². The number of hydrogen-bond donors (Lipinski definition) is 2. The highest BCUT2D eigenvalue weighted by molar-refractivity contribution is 6.30. The molecule has 0 radical (unpaired) electrons. The lowest BCUT2D eigenvalue weighted by Crippen LogP contribution is -2.25. The number of halogens is 1. The fraction of sp³-hybridized carbons (Fsp3) is 0.172. The van der Waals surface area contributed by atoms with Crippen LogP contribution in [0.3, 0.4) is 0 Å². The van der Waals surface area contributed by atoms with Gasteiger partial charge in [-0.3, -0.25) is 19.8 Å². The minimum atomic E-state index is -0.734. The number of aryl methyl sites for hydroxylation is 2. The van der Waals surface area contributed by atoms with Crippen molar-refractivity contribution in [2.75, 3.05) is 6.61 Å². The van der Waals surface area contributed by atoms with E-state index in [9.17, 15) is 9.59 Å². The highest BCUT2D eigenvalue weighted by atomic mass is 35.5. The molecule has 2 N–H and O–H groups in total. The van der Waals surface area contributed by atoms with Crippen molar-refractivity contribution < 1.29 is 4.74 Å². The normalized spacial score (nSPS) is 11.3. The summed E-state index contributed by atoms with van der Waals surface area (Å²) in [6.07, 6.45) is 0. The van der Waals surface area contributed by atoms with Gasteiger partial charge in [-0.1, -0.05) is 48.0 Å². The number of aromatic amines is 2. The van der Waals surface area contributed by atoms with Crippen molar-refractivity contribution in [2.24, 2.45) is 0 Å². The van der Waals surface area contributed by atoms with Gasteiger partial charge in [0.15, 0.2) is 0 Å². The Kier molecular flexibility index (Phi) is 6.63. The Morgan fingerprint density at radius 3 is 1.73 bits per heavy atom. The number of hydrogen-bond acceptors (Lipinski definition) is 3. The molecule has 3 aromatic carbocycles. The molecule has 0 fully saturated rings. The van der Waals surface area contributed by atoms with E-state index in [-0.39, 0.29) is 11.1 Å². The van der Waals surface area contributed by atoms with Gasteiger partial charge in [0, 0.05) is 22.0 Å². The molecule has 188 valence electrons. The molecule has 0 saturated carbocycles. The summed E-state index contributed by atoms with van der Waals surface area (Å²) < 4.78 is 8.96. The Hall–Kier alpha value is -4.23. The molecule has 0 aliphatic carbocycles. The molecule has 0 unspecified atom stereocenters. The van der Waals surface area contributed by atoms with E-state index in [4.69, 9.17) is 16.3 Å². The van der Waals surface area contributed by atoms with Crippen LogP contribution < -0.4 is 15.9 Å². The quantitative estimate of drug-likeness (QED) is 0.301. The summed E-state index contributed by atoms with van der Waals surface area (Å²) in [6, 6.07) is 24.0. The SMILES string of the molecule is CCOc1ccc(Cl)cc1C(c1c(C)[nH]n(-c2ccccc2)c1=O)c1c(C)[nH]n(-c2ccccc2)c1=O. The summed E-state index contributed by atoms with van der Waals surface area (Å²) in [4.78, 5) is 27.9. The molecular weight excluding hydrogens is 488 g/mol. The van der Waals surface area contributed by atoms with Crippen LogP contribution in [0.4, 0.5) is 0 Å². The lowest BCUT2D eigenvalue weighted by Gasteiger charge is -2.20. The van der Waals surface area contributed by atoms with E-state index in [0.29, 0.717) is 56.8 Å². The molecule has 0 saturated heterocycles. The molecule has 0 aliphatic heterocycles. The van der Waals surface area contributed by atoms with Gasteiger partial charge in [-0.05, 0) is 63.2 Å². The third kappa shape index (κ3) is 4.42. The Morgan fingerprint density at radius 2 is 1.27 bits per heavy atom. The zero-order valence-corrected chi connectivity index (χ0v) is 21.5. The fourth-order valence-corrected chi connectivity index (χ4v) is 4.98. The van der Waals surface area contributed by atoms with Crippen LogP contribution in [0.25, 0.3) is 11.4 Å². The van der Waals surface area contributed by atoms with Crippen LogP contribution in [0, 0.1) is 13.8 Å². The second-order valence-electron chi connectivity index (χ2n) is 8.80. The Bertz CT molecular complexity index is 1570. The number of nitrogens with zero attached hydrogens (tertiary/aromatic N) is 2. The van der Waals surface area contributed by atoms with Crippen molar-refractivity contribution in [1.82, 2.24) is 19.6 Å². The number of ether oxygens (including phenoxy) is 1. The highest BCUT2D eigenvalue weighted by Crippen LogP contribution is 2.38. The van der Waals surface area contributed by atoms with Crippen molar-refractivity contribution in [3.63, 3.8) is 0 Å². The van der Waals surface area contributed by atoms with Crippen LogP contribution in [0.15, 0.2) is 88.5 Å². The van der Waals surface area contributed by atoms with Crippen LogP contribution in [-0.4, -0.2) is 26.2 Å². The van der Waals surface area contributed by atoms with Crippen LogP contribution >= 0.6 is 11.6 Å². The average Bonchev–Trinajstić information content (AvgIpc) is 3.37. The number of para-hydroxylation sites is 2. The standard InChI is InChI=1S/C29H27ClN4O3/c1-4-37-24-16-15-20(30)17-23(24)27(25-18(2)31-33(28(25)35)21-11-7-5-8-12-21)26-19(3)32-34(29(26)36)22-13-9-6-10-14-22/h5-17,27,31-32H,4H2,1-3H3. The van der Waals surface area contributed by atoms with Gasteiger partial charge < -0.3 is 4.74 Å². The Balaban J connectivity index is 1.82. The van der Waals surface area contributed by atoms with Gasteiger partial charge in [-0.15, -0.1) is 0 Å². The molecule has 2 heterocycles. The maximum absolute atomic E-state index is 14.0. The molecule has 0 bridgehead atoms. The van der Waals surface area contributed by atoms with Crippen LogP contribution in [0.2, 0.25) is 5.02 Å². The molecule has 37 heavy (non-hydrogen) atoms. The topological polar surface area (TPSA) is 84.8 Å². The maximum atomic E-state index is 14.0. The van der Waals surface area contributed by atoms with Crippen molar-refractivity contribution in [1.29, 1.82) is 0 Å². The Morgan fingerprint density at radius 1 is 0.784 bits per heavy atom. The second-order valence-corrected chi connectivity index (χ2v) is 9.24. The van der Waals surface area contributed by atoms with Crippen molar-refractivity contribution in [3.8, 4) is 17.1 Å². The zero-order chi connectivity index (χ0) is 26.1. The maximum Gasteiger partial charge on any atom is 0.275 e. The average molecular weight is 515 g/mol. The van der Waals surface area contributed by atoms with Gasteiger partial charge in [0.25, 0.3) is 11.1 Å². The Labute approximate surface area is 218 Å². The third-order valence-electron chi connectivity index (χ3n) is 6.42. The predicted molar refractivity (Wildman–Crippen MR) is 146 cm³/mol. The van der Waals surface area contributed by atoms with Gasteiger partial charge in [-0.25, -0.2) is 9.36 Å². The smallest absolute Gasteiger partial charge is 0.275 e. The summed E-state index contributed by atoms with van der Waals surface area (Å²) in [7, 11) is 0. The van der Waals surface area contributed by atoms with E-state index in [0.717, 1.165) is 0 Å². The van der Waals surface area contributed by atoms with Crippen LogP contribution in [-0.2, 0) is 0 Å². The van der Waals surface area contributed by atoms with Crippen LogP contribution in [0.1, 0.15) is 40.9 Å². The summed E-state index contributed by atoms with van der Waals surface area (Å²) >= 11 is 6.46. The van der Waals surface area contributed by atoms with E-state index in [1.807, 2.05) is 81.4 Å². The monoisotopic (exact) mass is 514 g/mol. The molecular formula is C29H27ClN4O3. The first-order valence-electron chi connectivity index (χ1n) is 12.1. The molecule has 0 aliphatic rings. The number of nitrogens with one attached hydrogen (secondary N) is 2. The summed E-state index contributed by atoms with van der Waals surface area (Å²) in [5.74, 6) is -0.169. The minimum absolute atomic E-state index is 0.248. The first-order chi connectivity index (χ1) is 17.9. The third-order valence-corrected chi connectivity index (χ3v) is 6.66. The van der Waals surface area contributed by atoms with E-state index < -0.39 is 5.92 Å². The van der Waals surface area contributed by atoms with E-state index in [1.165, 1.54) is 9.36 Å². The summed E-state index contributed by atoms with van der Waals surface area (Å²) in [6.45, 7) is 5.99. The zero-order valence-electron chi connectivity index (χ0n) is 20.8. The molecule has 0 amide bonds. The fourth-order valence-electron chi connectivity index (χ4n) is 4.80. The second kappa shape index (κ2) is 10.0. The largest absolute Gasteiger partial charge is 0.494 e. The lowest BCUT2D eigenvalue weighted by molar-refractivity contribution is 0.336. The first kappa shape index (κ1) is 24.5. The van der Waals surface area contributed by atoms with E-state index in [2.05, 4.69) is 10.2 Å². The molecule has 5 rings (SSSR count). The molecule has 5 aromatic rings. The molecule has 7 nitrogen and oxygen atoms in total. The van der Waals surface area contributed by atoms with E-state index >= 15 is 0 Å².